The summed E-state index contributed by atoms with van der Waals surface area (Å²) in [6, 6.07) is 8.97. The van der Waals surface area contributed by atoms with Crippen molar-refractivity contribution in [1.29, 1.82) is 0 Å². The van der Waals surface area contributed by atoms with Crippen molar-refractivity contribution in [3.63, 3.8) is 0 Å². The van der Waals surface area contributed by atoms with Crippen LogP contribution in [-0.2, 0) is 6.54 Å². The third-order valence-electron chi connectivity index (χ3n) is 3.10. The van der Waals surface area contributed by atoms with E-state index in [1.54, 1.807) is 0 Å². The smallest absolute Gasteiger partial charge is 0.0202 e. The lowest BCUT2D eigenvalue weighted by molar-refractivity contribution is 0.461. The normalized spacial score (nSPS) is 21.5. The van der Waals surface area contributed by atoms with Gasteiger partial charge in [0.15, 0.2) is 0 Å². The van der Waals surface area contributed by atoms with E-state index in [2.05, 4.69) is 34.9 Å². The fourth-order valence-electron chi connectivity index (χ4n) is 2.30. The summed E-state index contributed by atoms with van der Waals surface area (Å²) in [5, 5.41) is 6.67. The number of hydrogen-bond acceptors (Lipinski definition) is 2. The van der Waals surface area contributed by atoms with Gasteiger partial charge in [-0.1, -0.05) is 24.3 Å². The number of nitrogens with one attached hydrogen (secondary N) is 2. The molecule has 0 radical (unpaired) electrons. The average Bonchev–Trinajstić information content (AvgIpc) is 2.31. The van der Waals surface area contributed by atoms with Crippen molar-refractivity contribution < 1.29 is 0 Å². The summed E-state index contributed by atoms with van der Waals surface area (Å²) in [5.74, 6) is 0.718. The van der Waals surface area contributed by atoms with E-state index in [9.17, 15) is 0 Å². The molecule has 1 atom stereocenters. The van der Waals surface area contributed by atoms with Crippen LogP contribution in [0.2, 0.25) is 0 Å². The summed E-state index contributed by atoms with van der Waals surface area (Å²) in [5.41, 5.74) is 2.88. The van der Waals surface area contributed by atoms with Gasteiger partial charge in [-0.25, -0.2) is 0 Å². The van der Waals surface area contributed by atoms with Gasteiger partial charge in [0.1, 0.15) is 0 Å². The first-order valence-electron chi connectivity index (χ1n) is 5.84. The first-order chi connectivity index (χ1) is 7.40. The molecule has 2 rings (SSSR count). The van der Waals surface area contributed by atoms with Crippen molar-refractivity contribution in [3.05, 3.63) is 35.4 Å². The summed E-state index contributed by atoms with van der Waals surface area (Å²) in [7, 11) is 1.99. The van der Waals surface area contributed by atoms with E-state index in [0.29, 0.717) is 0 Å². The Morgan fingerprint density at radius 1 is 1.47 bits per heavy atom. The van der Waals surface area contributed by atoms with Crippen LogP contribution in [0.5, 0.6) is 0 Å². The molecule has 15 heavy (non-hydrogen) atoms. The second kappa shape index (κ2) is 5.29. The van der Waals surface area contributed by atoms with Crippen LogP contribution in [0.1, 0.15) is 29.9 Å². The van der Waals surface area contributed by atoms with Crippen LogP contribution < -0.4 is 10.6 Å². The number of piperidine rings is 1. The molecule has 1 aliphatic rings. The van der Waals surface area contributed by atoms with Crippen molar-refractivity contribution in [2.45, 2.75) is 25.3 Å². The summed E-state index contributed by atoms with van der Waals surface area (Å²) in [4.78, 5) is 0. The molecule has 2 heteroatoms. The Hall–Kier alpha value is -0.860. The molecule has 0 aliphatic carbocycles. The molecule has 2 N–H and O–H groups in total. The molecule has 1 aromatic carbocycles. The molecule has 1 aromatic rings. The van der Waals surface area contributed by atoms with Gasteiger partial charge in [0.2, 0.25) is 0 Å². The molecule has 0 saturated carbocycles. The molecule has 0 amide bonds. The first kappa shape index (κ1) is 10.7. The lowest BCUT2D eigenvalue weighted by atomic mass is 9.91. The Labute approximate surface area is 92.1 Å². The zero-order valence-corrected chi connectivity index (χ0v) is 9.42. The maximum atomic E-state index is 3.47. The largest absolute Gasteiger partial charge is 0.316 e. The van der Waals surface area contributed by atoms with Crippen molar-refractivity contribution in [3.8, 4) is 0 Å². The molecule has 0 aromatic heterocycles. The fourth-order valence-corrected chi connectivity index (χ4v) is 2.30. The summed E-state index contributed by atoms with van der Waals surface area (Å²) in [6.07, 6.45) is 2.64. The fraction of sp³-hybridized carbons (Fsp3) is 0.538. The van der Waals surface area contributed by atoms with Gasteiger partial charge < -0.3 is 10.6 Å². The van der Waals surface area contributed by atoms with Gasteiger partial charge in [0, 0.05) is 13.1 Å². The van der Waals surface area contributed by atoms with E-state index in [0.717, 1.165) is 19.0 Å². The van der Waals surface area contributed by atoms with Crippen LogP contribution in [0, 0.1) is 0 Å². The first-order valence-corrected chi connectivity index (χ1v) is 5.84. The third kappa shape index (κ3) is 2.80. The maximum absolute atomic E-state index is 3.47. The molecule has 1 saturated heterocycles. The number of benzene rings is 1. The van der Waals surface area contributed by atoms with Crippen molar-refractivity contribution in [2.75, 3.05) is 20.1 Å². The van der Waals surface area contributed by atoms with E-state index in [-0.39, 0.29) is 0 Å². The Balaban J connectivity index is 2.09. The minimum absolute atomic E-state index is 0.718. The summed E-state index contributed by atoms with van der Waals surface area (Å²) in [6.45, 7) is 3.30. The lowest BCUT2D eigenvalue weighted by Gasteiger charge is -2.23. The van der Waals surface area contributed by atoms with Gasteiger partial charge >= 0.3 is 0 Å². The predicted molar refractivity (Wildman–Crippen MR) is 64.1 cm³/mol. The monoisotopic (exact) mass is 204 g/mol. The molecule has 0 spiro atoms. The molecular formula is C13H20N2. The Morgan fingerprint density at radius 2 is 2.40 bits per heavy atom. The van der Waals surface area contributed by atoms with E-state index in [4.69, 9.17) is 0 Å². The minimum atomic E-state index is 0.718. The molecule has 1 fully saturated rings. The van der Waals surface area contributed by atoms with E-state index >= 15 is 0 Å². The Morgan fingerprint density at radius 3 is 3.13 bits per heavy atom. The molecule has 82 valence electrons. The van der Waals surface area contributed by atoms with Crippen LogP contribution in [0.4, 0.5) is 0 Å². The summed E-state index contributed by atoms with van der Waals surface area (Å²) >= 11 is 0. The van der Waals surface area contributed by atoms with Gasteiger partial charge in [0.05, 0.1) is 0 Å². The molecule has 2 nitrogen and oxygen atoms in total. The van der Waals surface area contributed by atoms with Crippen molar-refractivity contribution in [1.82, 2.24) is 10.6 Å². The highest BCUT2D eigenvalue weighted by Gasteiger charge is 2.14. The molecule has 1 aliphatic heterocycles. The molecular weight excluding hydrogens is 184 g/mol. The van der Waals surface area contributed by atoms with Gasteiger partial charge in [0.25, 0.3) is 0 Å². The van der Waals surface area contributed by atoms with Gasteiger partial charge in [-0.2, -0.15) is 0 Å². The molecule has 0 bridgehead atoms. The van der Waals surface area contributed by atoms with Gasteiger partial charge in [-0.05, 0) is 43.5 Å². The zero-order valence-electron chi connectivity index (χ0n) is 9.42. The van der Waals surface area contributed by atoms with Gasteiger partial charge in [-0.3, -0.25) is 0 Å². The van der Waals surface area contributed by atoms with Crippen LogP contribution in [0.25, 0.3) is 0 Å². The van der Waals surface area contributed by atoms with Crippen molar-refractivity contribution in [2.24, 2.45) is 0 Å². The SMILES string of the molecule is CNCc1cccc(C2CCCNC2)c1. The molecule has 1 heterocycles. The Bertz CT molecular complexity index is 303. The predicted octanol–water partition coefficient (Wildman–Crippen LogP) is 1.87. The maximum Gasteiger partial charge on any atom is 0.0202 e. The molecule has 1 unspecified atom stereocenters. The summed E-state index contributed by atoms with van der Waals surface area (Å²) < 4.78 is 0. The highest BCUT2D eigenvalue weighted by Crippen LogP contribution is 2.23. The van der Waals surface area contributed by atoms with E-state index in [1.165, 1.54) is 30.5 Å². The van der Waals surface area contributed by atoms with Crippen LogP contribution in [0.3, 0.4) is 0 Å². The minimum Gasteiger partial charge on any atom is -0.316 e. The standard InChI is InChI=1S/C13H20N2/c1-14-9-11-4-2-5-12(8-11)13-6-3-7-15-10-13/h2,4-5,8,13-15H,3,6-7,9-10H2,1H3. The van der Waals surface area contributed by atoms with E-state index in [1.807, 2.05) is 7.05 Å². The van der Waals surface area contributed by atoms with E-state index < -0.39 is 0 Å². The zero-order chi connectivity index (χ0) is 10.5. The third-order valence-corrected chi connectivity index (χ3v) is 3.10. The highest BCUT2D eigenvalue weighted by molar-refractivity contribution is 5.27. The van der Waals surface area contributed by atoms with Crippen LogP contribution >= 0.6 is 0 Å². The quantitative estimate of drug-likeness (QED) is 0.785. The lowest BCUT2D eigenvalue weighted by Crippen LogP contribution is -2.28. The topological polar surface area (TPSA) is 24.1 Å². The average molecular weight is 204 g/mol. The number of hydrogen-bond donors (Lipinski definition) is 2. The Kier molecular flexibility index (Phi) is 3.75. The second-order valence-electron chi connectivity index (χ2n) is 4.32. The van der Waals surface area contributed by atoms with Crippen LogP contribution in [0.15, 0.2) is 24.3 Å². The highest BCUT2D eigenvalue weighted by atomic mass is 14.9. The number of rotatable bonds is 3. The second-order valence-corrected chi connectivity index (χ2v) is 4.32. The van der Waals surface area contributed by atoms with Crippen LogP contribution in [-0.4, -0.2) is 20.1 Å². The van der Waals surface area contributed by atoms with Gasteiger partial charge in [-0.15, -0.1) is 0 Å². The van der Waals surface area contributed by atoms with Crippen molar-refractivity contribution >= 4 is 0 Å².